The summed E-state index contributed by atoms with van der Waals surface area (Å²) in [6.07, 6.45) is 0.899. The average Bonchev–Trinajstić information content (AvgIpc) is 2.67. The van der Waals surface area contributed by atoms with Gasteiger partial charge in [0.2, 0.25) is 0 Å². The van der Waals surface area contributed by atoms with Crippen LogP contribution in [0, 0.1) is 0 Å². The molecule has 1 aromatic rings. The monoisotopic (exact) mass is 509 g/mol. The first-order valence-corrected chi connectivity index (χ1v) is 9.59. The second kappa shape index (κ2) is 16.7. The second-order valence-electron chi connectivity index (χ2n) is 5.90. The molecule has 1 atom stereocenters. The maximum Gasteiger partial charge on any atom is 0.191 e. The molecule has 0 amide bonds. The standard InChI is InChI=1S/C20H35N3O4.HI/c1-6-26-18-10-9-17(15-19(18)27-7-2)16(3)23-20(21-4)22-11-8-12-25-14-13-24-5;/h9-10,15-16H,6-8,11-14H2,1-5H3,(H2,21,22,23);1H. The smallest absolute Gasteiger partial charge is 0.191 e. The predicted molar refractivity (Wildman–Crippen MR) is 124 cm³/mol. The molecule has 0 saturated heterocycles. The Balaban J connectivity index is 0.00000729. The van der Waals surface area contributed by atoms with E-state index in [1.807, 2.05) is 32.0 Å². The zero-order valence-corrected chi connectivity index (χ0v) is 20.1. The molecule has 0 heterocycles. The van der Waals surface area contributed by atoms with Crippen LogP contribution in [0.4, 0.5) is 0 Å². The number of aliphatic imine (C=N–C) groups is 1. The Kier molecular flexibility index (Phi) is 15.9. The third-order valence-electron chi connectivity index (χ3n) is 3.83. The van der Waals surface area contributed by atoms with E-state index in [-0.39, 0.29) is 30.0 Å². The molecule has 0 aromatic heterocycles. The third kappa shape index (κ3) is 10.3. The number of benzene rings is 1. The molecule has 28 heavy (non-hydrogen) atoms. The minimum atomic E-state index is 0. The molecule has 0 spiro atoms. The second-order valence-corrected chi connectivity index (χ2v) is 5.90. The maximum atomic E-state index is 5.71. The van der Waals surface area contributed by atoms with Gasteiger partial charge < -0.3 is 29.6 Å². The number of methoxy groups -OCH3 is 1. The summed E-state index contributed by atoms with van der Waals surface area (Å²) in [5.41, 5.74) is 1.10. The lowest BCUT2D eigenvalue weighted by Gasteiger charge is -2.20. The van der Waals surface area contributed by atoms with Gasteiger partial charge in [0.05, 0.1) is 32.5 Å². The van der Waals surface area contributed by atoms with Crippen LogP contribution < -0.4 is 20.1 Å². The molecule has 0 radical (unpaired) electrons. The van der Waals surface area contributed by atoms with Gasteiger partial charge in [0.15, 0.2) is 17.5 Å². The predicted octanol–water partition coefficient (Wildman–Crippen LogP) is 3.38. The molecule has 0 aliphatic carbocycles. The summed E-state index contributed by atoms with van der Waals surface area (Å²) >= 11 is 0. The number of nitrogens with one attached hydrogen (secondary N) is 2. The molecule has 1 unspecified atom stereocenters. The van der Waals surface area contributed by atoms with E-state index in [2.05, 4.69) is 22.5 Å². The van der Waals surface area contributed by atoms with Gasteiger partial charge in [-0.25, -0.2) is 0 Å². The summed E-state index contributed by atoms with van der Waals surface area (Å²) in [5, 5.41) is 6.70. The molecular formula is C20H36IN3O4. The molecule has 0 aliphatic heterocycles. The van der Waals surface area contributed by atoms with E-state index in [4.69, 9.17) is 18.9 Å². The Hall–Kier alpha value is -1.26. The summed E-state index contributed by atoms with van der Waals surface area (Å²) in [5.74, 6) is 2.29. The number of ether oxygens (including phenoxy) is 4. The largest absolute Gasteiger partial charge is 0.490 e. The Labute approximate surface area is 186 Å². The van der Waals surface area contributed by atoms with E-state index < -0.39 is 0 Å². The lowest BCUT2D eigenvalue weighted by molar-refractivity contribution is 0.0698. The van der Waals surface area contributed by atoms with Crippen LogP contribution in [0.25, 0.3) is 0 Å². The summed E-state index contributed by atoms with van der Waals surface area (Å²) in [7, 11) is 3.43. The van der Waals surface area contributed by atoms with E-state index >= 15 is 0 Å². The zero-order valence-electron chi connectivity index (χ0n) is 17.7. The SMILES string of the molecule is CCOc1ccc(C(C)NC(=NC)NCCCOCCOC)cc1OCC.I. The highest BCUT2D eigenvalue weighted by Gasteiger charge is 2.12. The molecule has 0 aliphatic rings. The Morgan fingerprint density at radius 3 is 2.43 bits per heavy atom. The van der Waals surface area contributed by atoms with Crippen molar-refractivity contribution in [2.24, 2.45) is 4.99 Å². The maximum absolute atomic E-state index is 5.71. The zero-order chi connectivity index (χ0) is 19.9. The third-order valence-corrected chi connectivity index (χ3v) is 3.83. The topological polar surface area (TPSA) is 73.3 Å². The number of halogens is 1. The summed E-state index contributed by atoms with van der Waals surface area (Å²) < 4.78 is 21.7. The van der Waals surface area contributed by atoms with Crippen molar-refractivity contribution in [3.05, 3.63) is 23.8 Å². The Bertz CT molecular complexity index is 558. The number of hydrogen-bond donors (Lipinski definition) is 2. The first-order chi connectivity index (χ1) is 13.2. The van der Waals surface area contributed by atoms with Gasteiger partial charge in [-0.2, -0.15) is 0 Å². The first-order valence-electron chi connectivity index (χ1n) is 9.59. The summed E-state index contributed by atoms with van der Waals surface area (Å²) in [6.45, 7) is 9.96. The van der Waals surface area contributed by atoms with Crippen molar-refractivity contribution >= 4 is 29.9 Å². The Morgan fingerprint density at radius 1 is 1.07 bits per heavy atom. The van der Waals surface area contributed by atoms with Crippen molar-refractivity contribution < 1.29 is 18.9 Å². The molecule has 0 fully saturated rings. The van der Waals surface area contributed by atoms with Gasteiger partial charge >= 0.3 is 0 Å². The molecular weight excluding hydrogens is 473 g/mol. The van der Waals surface area contributed by atoms with Gasteiger partial charge in [-0.15, -0.1) is 24.0 Å². The van der Waals surface area contributed by atoms with Crippen LogP contribution in [0.5, 0.6) is 11.5 Å². The fraction of sp³-hybridized carbons (Fsp3) is 0.650. The van der Waals surface area contributed by atoms with Crippen LogP contribution in [0.15, 0.2) is 23.2 Å². The molecule has 7 nitrogen and oxygen atoms in total. The van der Waals surface area contributed by atoms with Crippen LogP contribution in [-0.4, -0.2) is 59.7 Å². The molecule has 0 bridgehead atoms. The minimum absolute atomic E-state index is 0. The Morgan fingerprint density at radius 2 is 1.79 bits per heavy atom. The van der Waals surface area contributed by atoms with Gasteiger partial charge in [0.1, 0.15) is 0 Å². The highest BCUT2D eigenvalue weighted by Crippen LogP contribution is 2.30. The van der Waals surface area contributed by atoms with Crippen molar-refractivity contribution in [3.8, 4) is 11.5 Å². The van der Waals surface area contributed by atoms with Crippen LogP contribution in [0.1, 0.15) is 38.8 Å². The van der Waals surface area contributed by atoms with Crippen LogP contribution >= 0.6 is 24.0 Å². The first kappa shape index (κ1) is 26.7. The summed E-state index contributed by atoms with van der Waals surface area (Å²) in [6, 6.07) is 6.09. The van der Waals surface area contributed by atoms with Crippen LogP contribution in [0.2, 0.25) is 0 Å². The molecule has 1 rings (SSSR count). The van der Waals surface area contributed by atoms with E-state index in [1.165, 1.54) is 0 Å². The fourth-order valence-electron chi connectivity index (χ4n) is 2.45. The lowest BCUT2D eigenvalue weighted by Crippen LogP contribution is -2.39. The highest BCUT2D eigenvalue weighted by atomic mass is 127. The van der Waals surface area contributed by atoms with Gasteiger partial charge in [-0.1, -0.05) is 6.07 Å². The van der Waals surface area contributed by atoms with Crippen molar-refractivity contribution in [1.29, 1.82) is 0 Å². The van der Waals surface area contributed by atoms with Gasteiger partial charge in [-0.05, 0) is 44.9 Å². The van der Waals surface area contributed by atoms with Crippen molar-refractivity contribution in [2.75, 3.05) is 53.7 Å². The number of hydrogen-bond acceptors (Lipinski definition) is 5. The van der Waals surface area contributed by atoms with Crippen molar-refractivity contribution in [2.45, 2.75) is 33.2 Å². The highest BCUT2D eigenvalue weighted by molar-refractivity contribution is 14.0. The summed E-state index contributed by atoms with van der Waals surface area (Å²) in [4.78, 5) is 4.28. The molecule has 162 valence electrons. The van der Waals surface area contributed by atoms with Crippen molar-refractivity contribution in [3.63, 3.8) is 0 Å². The van der Waals surface area contributed by atoms with Crippen LogP contribution in [-0.2, 0) is 9.47 Å². The van der Waals surface area contributed by atoms with E-state index in [1.54, 1.807) is 14.2 Å². The van der Waals surface area contributed by atoms with Gasteiger partial charge in [-0.3, -0.25) is 4.99 Å². The van der Waals surface area contributed by atoms with Crippen molar-refractivity contribution in [1.82, 2.24) is 10.6 Å². The lowest BCUT2D eigenvalue weighted by atomic mass is 10.1. The molecule has 2 N–H and O–H groups in total. The van der Waals surface area contributed by atoms with E-state index in [0.717, 1.165) is 36.0 Å². The van der Waals surface area contributed by atoms with E-state index in [0.29, 0.717) is 33.0 Å². The van der Waals surface area contributed by atoms with Gasteiger partial charge in [0, 0.05) is 27.3 Å². The number of rotatable bonds is 13. The van der Waals surface area contributed by atoms with E-state index in [9.17, 15) is 0 Å². The number of nitrogens with zero attached hydrogens (tertiary/aromatic N) is 1. The van der Waals surface area contributed by atoms with Crippen LogP contribution in [0.3, 0.4) is 0 Å². The normalized spacial score (nSPS) is 12.1. The quantitative estimate of drug-likeness (QED) is 0.184. The number of guanidine groups is 1. The molecule has 0 saturated carbocycles. The molecule has 1 aromatic carbocycles. The minimum Gasteiger partial charge on any atom is -0.490 e. The molecule has 8 heteroatoms. The fourth-order valence-corrected chi connectivity index (χ4v) is 2.45. The van der Waals surface area contributed by atoms with Gasteiger partial charge in [0.25, 0.3) is 0 Å². The average molecular weight is 509 g/mol.